The van der Waals surface area contributed by atoms with Gasteiger partial charge in [-0.15, -0.1) is 0 Å². The van der Waals surface area contributed by atoms with Crippen LogP contribution in [-0.2, 0) is 0 Å². The first kappa shape index (κ1) is 13.4. The molecule has 0 bridgehead atoms. The number of hydrogen-bond acceptors (Lipinski definition) is 4. The van der Waals surface area contributed by atoms with E-state index in [9.17, 15) is 9.90 Å². The van der Waals surface area contributed by atoms with Crippen LogP contribution in [0.5, 0.6) is 0 Å². The Morgan fingerprint density at radius 2 is 2.17 bits per heavy atom. The molecule has 5 nitrogen and oxygen atoms in total. The summed E-state index contributed by atoms with van der Waals surface area (Å²) in [6, 6.07) is 0. The van der Waals surface area contributed by atoms with Crippen molar-refractivity contribution >= 4 is 17.3 Å². The summed E-state index contributed by atoms with van der Waals surface area (Å²) in [7, 11) is 0. The highest BCUT2D eigenvalue weighted by atomic mass is 35.5. The zero-order valence-electron chi connectivity index (χ0n) is 10.2. The van der Waals surface area contributed by atoms with E-state index >= 15 is 0 Å². The Balaban J connectivity index is 1.98. The number of aromatic nitrogens is 2. The highest BCUT2D eigenvalue weighted by Crippen LogP contribution is 2.30. The molecular weight excluding hydrogens is 254 g/mol. The maximum Gasteiger partial charge on any atom is 0.285 e. The molecule has 1 aromatic rings. The van der Waals surface area contributed by atoms with Crippen LogP contribution in [0.2, 0.25) is 5.02 Å². The summed E-state index contributed by atoms with van der Waals surface area (Å²) in [4.78, 5) is 11.3. The average Bonchev–Trinajstić information content (AvgIpc) is 2.41. The van der Waals surface area contributed by atoms with Gasteiger partial charge in [-0.05, 0) is 24.7 Å². The smallest absolute Gasteiger partial charge is 0.285 e. The van der Waals surface area contributed by atoms with Gasteiger partial charge in [-0.25, -0.2) is 5.10 Å². The van der Waals surface area contributed by atoms with E-state index in [1.807, 2.05) is 0 Å². The molecule has 0 radical (unpaired) electrons. The number of hydrogen-bond donors (Lipinski definition) is 3. The van der Waals surface area contributed by atoms with Crippen LogP contribution < -0.4 is 10.9 Å². The molecule has 100 valence electrons. The number of rotatable bonds is 4. The number of aromatic amines is 1. The Kier molecular flexibility index (Phi) is 4.60. The molecule has 1 saturated carbocycles. The zero-order valence-corrected chi connectivity index (χ0v) is 10.9. The molecule has 1 heterocycles. The van der Waals surface area contributed by atoms with Gasteiger partial charge in [-0.2, -0.15) is 5.10 Å². The Morgan fingerprint density at radius 1 is 1.44 bits per heavy atom. The average molecular weight is 272 g/mol. The lowest BCUT2D eigenvalue weighted by Crippen LogP contribution is -2.29. The molecule has 0 saturated heterocycles. The molecule has 1 aliphatic rings. The standard InChI is InChI=1S/C12H18ClN3O2/c13-11-10(6-15-16-12(11)18)14-5-8-3-1-2-4-9(8)7-17/h6,8-9,17H,1-5,7H2,(H2,14,16,18). The van der Waals surface area contributed by atoms with Crippen LogP contribution >= 0.6 is 11.6 Å². The van der Waals surface area contributed by atoms with E-state index in [0.29, 0.717) is 17.5 Å². The summed E-state index contributed by atoms with van der Waals surface area (Å²) in [5, 5.41) is 18.6. The minimum Gasteiger partial charge on any atom is -0.396 e. The highest BCUT2D eigenvalue weighted by Gasteiger charge is 2.24. The van der Waals surface area contributed by atoms with E-state index in [2.05, 4.69) is 15.5 Å². The van der Waals surface area contributed by atoms with Gasteiger partial charge in [0.05, 0.1) is 11.9 Å². The number of aliphatic hydroxyl groups excluding tert-OH is 1. The molecule has 1 fully saturated rings. The van der Waals surface area contributed by atoms with Crippen molar-refractivity contribution in [2.24, 2.45) is 11.8 Å². The van der Waals surface area contributed by atoms with E-state index in [1.165, 1.54) is 19.0 Å². The first-order valence-electron chi connectivity index (χ1n) is 6.30. The normalized spacial score (nSPS) is 23.9. The molecule has 1 aromatic heterocycles. The quantitative estimate of drug-likeness (QED) is 0.778. The van der Waals surface area contributed by atoms with Crippen LogP contribution in [0.25, 0.3) is 0 Å². The van der Waals surface area contributed by atoms with Crippen molar-refractivity contribution in [3.05, 3.63) is 21.6 Å². The van der Waals surface area contributed by atoms with Gasteiger partial charge in [-0.1, -0.05) is 24.4 Å². The third-order valence-electron chi connectivity index (χ3n) is 3.65. The van der Waals surface area contributed by atoms with Gasteiger partial charge in [0, 0.05) is 13.2 Å². The van der Waals surface area contributed by atoms with Crippen molar-refractivity contribution in [3.8, 4) is 0 Å². The molecule has 1 aliphatic carbocycles. The Hall–Kier alpha value is -1.07. The summed E-state index contributed by atoms with van der Waals surface area (Å²) in [5.41, 5.74) is 0.173. The zero-order chi connectivity index (χ0) is 13.0. The number of nitrogens with one attached hydrogen (secondary N) is 2. The van der Waals surface area contributed by atoms with Gasteiger partial charge in [0.2, 0.25) is 0 Å². The first-order chi connectivity index (χ1) is 8.72. The molecule has 18 heavy (non-hydrogen) atoms. The fraction of sp³-hybridized carbons (Fsp3) is 0.667. The van der Waals surface area contributed by atoms with Crippen LogP contribution in [0.15, 0.2) is 11.0 Å². The van der Waals surface area contributed by atoms with Crippen molar-refractivity contribution in [1.82, 2.24) is 10.2 Å². The van der Waals surface area contributed by atoms with Crippen LogP contribution in [0, 0.1) is 11.8 Å². The van der Waals surface area contributed by atoms with E-state index in [1.54, 1.807) is 0 Å². The SMILES string of the molecule is O=c1[nH]ncc(NCC2CCCCC2CO)c1Cl. The molecule has 0 amide bonds. The fourth-order valence-electron chi connectivity index (χ4n) is 2.54. The van der Waals surface area contributed by atoms with Crippen LogP contribution in [-0.4, -0.2) is 28.5 Å². The highest BCUT2D eigenvalue weighted by molar-refractivity contribution is 6.32. The van der Waals surface area contributed by atoms with Crippen molar-refractivity contribution in [2.45, 2.75) is 25.7 Å². The summed E-state index contributed by atoms with van der Waals surface area (Å²) in [6.45, 7) is 0.948. The second-order valence-electron chi connectivity index (χ2n) is 4.79. The molecule has 2 unspecified atom stereocenters. The maximum absolute atomic E-state index is 11.3. The monoisotopic (exact) mass is 271 g/mol. The second-order valence-corrected chi connectivity index (χ2v) is 5.17. The molecule has 0 spiro atoms. The second kappa shape index (κ2) is 6.20. The predicted octanol–water partition coefficient (Wildman–Crippen LogP) is 1.63. The number of H-pyrrole nitrogens is 1. The summed E-state index contributed by atoms with van der Waals surface area (Å²) in [5.74, 6) is 0.777. The summed E-state index contributed by atoms with van der Waals surface area (Å²) in [6.07, 6.45) is 6.08. The minimum atomic E-state index is -0.385. The lowest BCUT2D eigenvalue weighted by molar-refractivity contribution is 0.141. The first-order valence-corrected chi connectivity index (χ1v) is 6.68. The summed E-state index contributed by atoms with van der Waals surface area (Å²) >= 11 is 5.89. The van der Waals surface area contributed by atoms with Gasteiger partial charge in [0.15, 0.2) is 0 Å². The Labute approximate surface area is 111 Å². The molecule has 0 aliphatic heterocycles. The van der Waals surface area contributed by atoms with Crippen molar-refractivity contribution < 1.29 is 5.11 Å². The molecule has 2 atom stereocenters. The predicted molar refractivity (Wildman–Crippen MR) is 70.9 cm³/mol. The third-order valence-corrected chi connectivity index (χ3v) is 4.03. The van der Waals surface area contributed by atoms with E-state index in [4.69, 9.17) is 11.6 Å². The van der Waals surface area contributed by atoms with Crippen LogP contribution in [0.1, 0.15) is 25.7 Å². The van der Waals surface area contributed by atoms with Gasteiger partial charge in [0.25, 0.3) is 5.56 Å². The third kappa shape index (κ3) is 3.03. The van der Waals surface area contributed by atoms with Gasteiger partial charge in [-0.3, -0.25) is 4.79 Å². The van der Waals surface area contributed by atoms with E-state index in [-0.39, 0.29) is 17.2 Å². The molecule has 2 rings (SSSR count). The fourth-order valence-corrected chi connectivity index (χ4v) is 2.70. The van der Waals surface area contributed by atoms with Gasteiger partial charge >= 0.3 is 0 Å². The van der Waals surface area contributed by atoms with Crippen LogP contribution in [0.3, 0.4) is 0 Å². The Bertz CT molecular complexity index is 449. The van der Waals surface area contributed by atoms with Gasteiger partial charge < -0.3 is 10.4 Å². The number of aliphatic hydroxyl groups is 1. The lowest BCUT2D eigenvalue weighted by Gasteiger charge is -2.30. The van der Waals surface area contributed by atoms with Crippen molar-refractivity contribution in [2.75, 3.05) is 18.5 Å². The topological polar surface area (TPSA) is 78.0 Å². The van der Waals surface area contributed by atoms with Crippen molar-refractivity contribution in [3.63, 3.8) is 0 Å². The van der Waals surface area contributed by atoms with Crippen LogP contribution in [0.4, 0.5) is 5.69 Å². The minimum absolute atomic E-state index is 0.140. The molecule has 6 heteroatoms. The lowest BCUT2D eigenvalue weighted by atomic mass is 9.79. The number of anilines is 1. The summed E-state index contributed by atoms with van der Waals surface area (Å²) < 4.78 is 0. The molecule has 0 aromatic carbocycles. The van der Waals surface area contributed by atoms with E-state index < -0.39 is 0 Å². The number of nitrogens with zero attached hydrogens (tertiary/aromatic N) is 1. The maximum atomic E-state index is 11.3. The van der Waals surface area contributed by atoms with Crippen molar-refractivity contribution in [1.29, 1.82) is 0 Å². The van der Waals surface area contributed by atoms with E-state index in [0.717, 1.165) is 19.4 Å². The largest absolute Gasteiger partial charge is 0.396 e. The molecule has 3 N–H and O–H groups in total. The van der Waals surface area contributed by atoms with Gasteiger partial charge in [0.1, 0.15) is 5.02 Å². The molecular formula is C12H18ClN3O2. The number of halogens is 1. The Morgan fingerprint density at radius 3 is 2.89 bits per heavy atom.